The molecule has 1 aromatic rings. The maximum Gasteiger partial charge on any atom is 0.126 e. The van der Waals surface area contributed by atoms with Crippen molar-refractivity contribution in [1.29, 1.82) is 0 Å². The second-order valence-corrected chi connectivity index (χ2v) is 4.28. The zero-order valence-corrected chi connectivity index (χ0v) is 9.49. The summed E-state index contributed by atoms with van der Waals surface area (Å²) in [5.74, 6) is 1.70. The highest BCUT2D eigenvalue weighted by atomic mass is 16.1. The largest absolute Gasteiger partial charge is 0.331 e. The molecule has 1 atom stereocenters. The molecule has 0 amide bonds. The molecule has 2 heterocycles. The van der Waals surface area contributed by atoms with Crippen molar-refractivity contribution in [2.24, 2.45) is 0 Å². The summed E-state index contributed by atoms with van der Waals surface area (Å²) in [4.78, 5) is 15.2. The van der Waals surface area contributed by atoms with Gasteiger partial charge in [0.15, 0.2) is 0 Å². The molecular formula is C12H18N2O. The fraction of sp³-hybridized carbons (Fsp3) is 0.667. The van der Waals surface area contributed by atoms with Crippen molar-refractivity contribution in [3.05, 3.63) is 17.2 Å². The average molecular weight is 206 g/mol. The molecule has 0 saturated carbocycles. The Morgan fingerprint density at radius 1 is 1.60 bits per heavy atom. The van der Waals surface area contributed by atoms with E-state index in [9.17, 15) is 4.79 Å². The van der Waals surface area contributed by atoms with Crippen molar-refractivity contribution >= 4 is 6.29 Å². The summed E-state index contributed by atoms with van der Waals surface area (Å²) in [5, 5.41) is 0. The van der Waals surface area contributed by atoms with Crippen LogP contribution in [0.4, 0.5) is 0 Å². The Bertz CT molecular complexity index is 368. The summed E-state index contributed by atoms with van der Waals surface area (Å²) in [6, 6.07) is 0. The first-order chi connectivity index (χ1) is 7.27. The fourth-order valence-electron chi connectivity index (χ4n) is 2.56. The van der Waals surface area contributed by atoms with Gasteiger partial charge in [-0.2, -0.15) is 0 Å². The number of aldehydes is 1. The van der Waals surface area contributed by atoms with Crippen LogP contribution in [0.5, 0.6) is 0 Å². The second-order valence-electron chi connectivity index (χ2n) is 4.28. The van der Waals surface area contributed by atoms with Gasteiger partial charge in [-0.25, -0.2) is 4.98 Å². The van der Waals surface area contributed by atoms with Gasteiger partial charge in [0, 0.05) is 25.1 Å². The maximum absolute atomic E-state index is 10.6. The molecule has 0 spiro atoms. The molecular weight excluding hydrogens is 188 g/mol. The van der Waals surface area contributed by atoms with Gasteiger partial charge in [0.25, 0.3) is 0 Å². The number of hydrogen-bond donors (Lipinski definition) is 0. The van der Waals surface area contributed by atoms with E-state index >= 15 is 0 Å². The van der Waals surface area contributed by atoms with E-state index in [1.807, 2.05) is 0 Å². The Balaban J connectivity index is 2.47. The second kappa shape index (κ2) is 4.17. The molecule has 2 rings (SSSR count). The highest BCUT2D eigenvalue weighted by Crippen LogP contribution is 2.30. The number of rotatable bonds is 3. The lowest BCUT2D eigenvalue weighted by molar-refractivity contribution is -0.107. The molecule has 3 heteroatoms. The monoisotopic (exact) mass is 206 g/mol. The lowest BCUT2D eigenvalue weighted by atomic mass is 9.96. The number of nitrogens with zero attached hydrogens (tertiary/aromatic N) is 2. The van der Waals surface area contributed by atoms with Gasteiger partial charge in [0.05, 0.1) is 5.69 Å². The molecule has 0 radical (unpaired) electrons. The average Bonchev–Trinajstić information content (AvgIpc) is 2.59. The van der Waals surface area contributed by atoms with Crippen LogP contribution in [0, 0.1) is 0 Å². The first-order valence-electron chi connectivity index (χ1n) is 5.79. The minimum absolute atomic E-state index is 0.472. The number of aryl methyl sites for hydroxylation is 1. The summed E-state index contributed by atoms with van der Waals surface area (Å²) in [6.07, 6.45) is 4.85. The van der Waals surface area contributed by atoms with Crippen LogP contribution >= 0.6 is 0 Å². The van der Waals surface area contributed by atoms with E-state index in [0.29, 0.717) is 12.3 Å². The van der Waals surface area contributed by atoms with Crippen LogP contribution in [0.15, 0.2) is 0 Å². The van der Waals surface area contributed by atoms with Crippen LogP contribution in [0.3, 0.4) is 0 Å². The van der Waals surface area contributed by atoms with Crippen molar-refractivity contribution < 1.29 is 4.79 Å². The Labute approximate surface area is 90.5 Å². The standard InChI is InChI=1S/C12H18N2O/c1-3-11-13-10(6-8-15)12-9(2)5-4-7-14(11)12/h8-9H,3-7H2,1-2H3. The van der Waals surface area contributed by atoms with E-state index in [4.69, 9.17) is 0 Å². The summed E-state index contributed by atoms with van der Waals surface area (Å²) in [6.45, 7) is 5.44. The molecule has 1 aromatic heterocycles. The van der Waals surface area contributed by atoms with Gasteiger partial charge < -0.3 is 9.36 Å². The predicted octanol–water partition coefficient (Wildman–Crippen LogP) is 2.08. The SMILES string of the molecule is CCc1nc(CC=O)c2n1CCCC2C. The first-order valence-corrected chi connectivity index (χ1v) is 5.79. The van der Waals surface area contributed by atoms with E-state index in [-0.39, 0.29) is 0 Å². The molecule has 1 unspecified atom stereocenters. The zero-order valence-electron chi connectivity index (χ0n) is 9.49. The Kier molecular flexibility index (Phi) is 2.89. The summed E-state index contributed by atoms with van der Waals surface area (Å²) >= 11 is 0. The lowest BCUT2D eigenvalue weighted by Crippen LogP contribution is -2.16. The molecule has 0 aromatic carbocycles. The number of hydrogen-bond acceptors (Lipinski definition) is 2. The van der Waals surface area contributed by atoms with E-state index in [2.05, 4.69) is 23.4 Å². The summed E-state index contributed by atoms with van der Waals surface area (Å²) in [5.41, 5.74) is 2.32. The predicted molar refractivity (Wildman–Crippen MR) is 59.0 cm³/mol. The smallest absolute Gasteiger partial charge is 0.126 e. The minimum Gasteiger partial charge on any atom is -0.331 e. The molecule has 1 aliphatic rings. The first kappa shape index (κ1) is 10.4. The third kappa shape index (κ3) is 1.71. The molecule has 1 aliphatic heterocycles. The number of imidazole rings is 1. The molecule has 82 valence electrons. The van der Waals surface area contributed by atoms with Crippen molar-refractivity contribution in [1.82, 2.24) is 9.55 Å². The van der Waals surface area contributed by atoms with Gasteiger partial charge in [0.2, 0.25) is 0 Å². The van der Waals surface area contributed by atoms with Crippen LogP contribution < -0.4 is 0 Å². The maximum atomic E-state index is 10.6. The molecule has 0 bridgehead atoms. The molecule has 0 saturated heterocycles. The van der Waals surface area contributed by atoms with Gasteiger partial charge in [-0.1, -0.05) is 13.8 Å². The van der Waals surface area contributed by atoms with Crippen LogP contribution in [0.1, 0.15) is 49.8 Å². The third-order valence-electron chi connectivity index (χ3n) is 3.24. The molecule has 15 heavy (non-hydrogen) atoms. The molecule has 0 N–H and O–H groups in total. The van der Waals surface area contributed by atoms with Gasteiger partial charge in [-0.15, -0.1) is 0 Å². The quantitative estimate of drug-likeness (QED) is 0.710. The van der Waals surface area contributed by atoms with Crippen molar-refractivity contribution in [3.8, 4) is 0 Å². The van der Waals surface area contributed by atoms with Gasteiger partial charge >= 0.3 is 0 Å². The van der Waals surface area contributed by atoms with Gasteiger partial charge in [-0.3, -0.25) is 0 Å². The number of carbonyl (C=O) groups is 1. The van der Waals surface area contributed by atoms with Crippen molar-refractivity contribution in [2.45, 2.75) is 52.0 Å². The zero-order chi connectivity index (χ0) is 10.8. The number of fused-ring (bicyclic) bond motifs is 1. The summed E-state index contributed by atoms with van der Waals surface area (Å²) in [7, 11) is 0. The van der Waals surface area contributed by atoms with Crippen LogP contribution in [0.2, 0.25) is 0 Å². The normalized spacial score (nSPS) is 20.0. The molecule has 0 aliphatic carbocycles. The summed E-state index contributed by atoms with van der Waals surface area (Å²) < 4.78 is 2.33. The number of carbonyl (C=O) groups excluding carboxylic acids is 1. The number of aromatic nitrogens is 2. The van der Waals surface area contributed by atoms with E-state index in [1.54, 1.807) is 0 Å². The highest BCUT2D eigenvalue weighted by molar-refractivity contribution is 5.54. The van der Waals surface area contributed by atoms with Crippen molar-refractivity contribution in [2.75, 3.05) is 0 Å². The van der Waals surface area contributed by atoms with Gasteiger partial charge in [-0.05, 0) is 18.8 Å². The van der Waals surface area contributed by atoms with Crippen LogP contribution in [-0.4, -0.2) is 15.8 Å². The molecule has 0 fully saturated rings. The van der Waals surface area contributed by atoms with Crippen LogP contribution in [-0.2, 0) is 24.2 Å². The van der Waals surface area contributed by atoms with Crippen molar-refractivity contribution in [3.63, 3.8) is 0 Å². The topological polar surface area (TPSA) is 34.9 Å². The minimum atomic E-state index is 0.472. The van der Waals surface area contributed by atoms with Gasteiger partial charge in [0.1, 0.15) is 12.1 Å². The van der Waals surface area contributed by atoms with Crippen LogP contribution in [0.25, 0.3) is 0 Å². The fourth-order valence-corrected chi connectivity index (χ4v) is 2.56. The Morgan fingerprint density at radius 2 is 2.40 bits per heavy atom. The Hall–Kier alpha value is -1.12. The van der Waals surface area contributed by atoms with E-state index in [1.165, 1.54) is 18.5 Å². The lowest BCUT2D eigenvalue weighted by Gasteiger charge is -2.23. The third-order valence-corrected chi connectivity index (χ3v) is 3.24. The molecule has 3 nitrogen and oxygen atoms in total. The van der Waals surface area contributed by atoms with E-state index < -0.39 is 0 Å². The highest BCUT2D eigenvalue weighted by Gasteiger charge is 2.23. The Morgan fingerprint density at radius 3 is 3.07 bits per heavy atom. The van der Waals surface area contributed by atoms with E-state index in [0.717, 1.165) is 30.8 Å².